The number of rotatable bonds is 5. The zero-order valence-corrected chi connectivity index (χ0v) is 13.4. The largest absolute Gasteiger partial charge is 0.377 e. The van der Waals surface area contributed by atoms with E-state index in [1.54, 1.807) is 17.1 Å². The van der Waals surface area contributed by atoms with Crippen LogP contribution in [0.2, 0.25) is 0 Å². The lowest BCUT2D eigenvalue weighted by atomic mass is 10.2. The SMILES string of the molecule is CC(C)Cn1ncc(NCc2ccnn2C)c(Br)c1=O. The molecule has 2 aromatic heterocycles. The highest BCUT2D eigenvalue weighted by atomic mass is 79.9. The summed E-state index contributed by atoms with van der Waals surface area (Å²) in [6, 6.07) is 1.92. The molecule has 0 aliphatic rings. The van der Waals surface area contributed by atoms with Crippen molar-refractivity contribution in [3.8, 4) is 0 Å². The number of aryl methyl sites for hydroxylation is 1. The molecule has 0 atom stereocenters. The number of halogens is 1. The van der Waals surface area contributed by atoms with Gasteiger partial charge in [-0.2, -0.15) is 10.2 Å². The van der Waals surface area contributed by atoms with Gasteiger partial charge in [-0.25, -0.2) is 4.68 Å². The van der Waals surface area contributed by atoms with Crippen molar-refractivity contribution in [3.05, 3.63) is 39.0 Å². The van der Waals surface area contributed by atoms with E-state index in [0.29, 0.717) is 29.2 Å². The molecule has 20 heavy (non-hydrogen) atoms. The maximum absolute atomic E-state index is 12.1. The van der Waals surface area contributed by atoms with Gasteiger partial charge in [0.25, 0.3) is 5.56 Å². The van der Waals surface area contributed by atoms with Crippen molar-refractivity contribution >= 4 is 21.6 Å². The van der Waals surface area contributed by atoms with Crippen LogP contribution in [0.5, 0.6) is 0 Å². The van der Waals surface area contributed by atoms with E-state index in [-0.39, 0.29) is 5.56 Å². The van der Waals surface area contributed by atoms with Crippen molar-refractivity contribution < 1.29 is 0 Å². The van der Waals surface area contributed by atoms with E-state index in [0.717, 1.165) is 5.69 Å². The van der Waals surface area contributed by atoms with Crippen LogP contribution in [0.15, 0.2) is 27.7 Å². The highest BCUT2D eigenvalue weighted by Crippen LogP contribution is 2.17. The fourth-order valence-electron chi connectivity index (χ4n) is 1.82. The summed E-state index contributed by atoms with van der Waals surface area (Å²) in [6.07, 6.45) is 3.41. The smallest absolute Gasteiger partial charge is 0.283 e. The van der Waals surface area contributed by atoms with Crippen LogP contribution in [0.25, 0.3) is 0 Å². The summed E-state index contributed by atoms with van der Waals surface area (Å²) in [5, 5.41) is 11.5. The number of hydrogen-bond acceptors (Lipinski definition) is 4. The first-order valence-electron chi connectivity index (χ1n) is 6.45. The molecule has 2 heterocycles. The summed E-state index contributed by atoms with van der Waals surface area (Å²) in [7, 11) is 1.88. The fourth-order valence-corrected chi connectivity index (χ4v) is 2.27. The van der Waals surface area contributed by atoms with Crippen molar-refractivity contribution in [3.63, 3.8) is 0 Å². The van der Waals surface area contributed by atoms with Gasteiger partial charge in [0.05, 0.1) is 24.1 Å². The quantitative estimate of drug-likeness (QED) is 0.904. The van der Waals surface area contributed by atoms with Crippen LogP contribution >= 0.6 is 15.9 Å². The van der Waals surface area contributed by atoms with Gasteiger partial charge in [-0.3, -0.25) is 9.48 Å². The Labute approximate surface area is 125 Å². The molecule has 6 nitrogen and oxygen atoms in total. The Hall–Kier alpha value is -1.63. The lowest BCUT2D eigenvalue weighted by molar-refractivity contribution is 0.462. The first-order chi connectivity index (χ1) is 9.49. The molecule has 2 aromatic rings. The van der Waals surface area contributed by atoms with Crippen LogP contribution in [-0.2, 0) is 20.1 Å². The Morgan fingerprint density at radius 1 is 1.40 bits per heavy atom. The van der Waals surface area contributed by atoms with Crippen LogP contribution in [0.3, 0.4) is 0 Å². The molecule has 2 rings (SSSR count). The highest BCUT2D eigenvalue weighted by Gasteiger charge is 2.10. The van der Waals surface area contributed by atoms with Gasteiger partial charge in [0.15, 0.2) is 0 Å². The van der Waals surface area contributed by atoms with E-state index in [9.17, 15) is 4.79 Å². The first-order valence-corrected chi connectivity index (χ1v) is 7.24. The number of anilines is 1. The molecular formula is C13H18BrN5O. The third kappa shape index (κ3) is 3.27. The third-order valence-corrected chi connectivity index (χ3v) is 3.67. The van der Waals surface area contributed by atoms with Gasteiger partial charge in [-0.1, -0.05) is 13.8 Å². The van der Waals surface area contributed by atoms with Gasteiger partial charge in [0, 0.05) is 19.8 Å². The van der Waals surface area contributed by atoms with E-state index in [2.05, 4.69) is 45.3 Å². The summed E-state index contributed by atoms with van der Waals surface area (Å²) >= 11 is 3.35. The normalized spacial score (nSPS) is 11.1. The zero-order chi connectivity index (χ0) is 14.7. The Morgan fingerprint density at radius 2 is 2.15 bits per heavy atom. The van der Waals surface area contributed by atoms with Crippen LogP contribution in [0.4, 0.5) is 5.69 Å². The molecule has 0 saturated heterocycles. The van der Waals surface area contributed by atoms with E-state index in [1.807, 2.05) is 13.1 Å². The second-order valence-electron chi connectivity index (χ2n) is 5.05. The Bertz CT molecular complexity index is 646. The molecule has 0 fully saturated rings. The standard InChI is InChI=1S/C13H18BrN5O/c1-9(2)8-19-13(20)12(14)11(7-17-19)15-6-10-4-5-16-18(10)3/h4-5,7,9,15H,6,8H2,1-3H3. The lowest BCUT2D eigenvalue weighted by Gasteiger charge is -2.11. The molecule has 0 spiro atoms. The molecule has 7 heteroatoms. The van der Waals surface area contributed by atoms with Crippen LogP contribution in [0.1, 0.15) is 19.5 Å². The van der Waals surface area contributed by atoms with Gasteiger partial charge in [-0.05, 0) is 27.9 Å². The van der Waals surface area contributed by atoms with Crippen LogP contribution < -0.4 is 10.9 Å². The molecule has 108 valence electrons. The maximum Gasteiger partial charge on any atom is 0.283 e. The summed E-state index contributed by atoms with van der Waals surface area (Å²) in [4.78, 5) is 12.1. The highest BCUT2D eigenvalue weighted by molar-refractivity contribution is 9.10. The van der Waals surface area contributed by atoms with Crippen molar-refractivity contribution in [1.82, 2.24) is 19.6 Å². The number of nitrogens with zero attached hydrogens (tertiary/aromatic N) is 4. The van der Waals surface area contributed by atoms with E-state index >= 15 is 0 Å². The number of aromatic nitrogens is 4. The molecule has 0 radical (unpaired) electrons. The Balaban J connectivity index is 2.15. The van der Waals surface area contributed by atoms with E-state index in [4.69, 9.17) is 0 Å². The van der Waals surface area contributed by atoms with E-state index in [1.165, 1.54) is 4.68 Å². The average Bonchev–Trinajstić information content (AvgIpc) is 2.79. The minimum absolute atomic E-state index is 0.117. The molecule has 0 bridgehead atoms. The predicted octanol–water partition coefficient (Wildman–Crippen LogP) is 2.01. The van der Waals surface area contributed by atoms with Gasteiger partial charge in [0.1, 0.15) is 4.47 Å². The van der Waals surface area contributed by atoms with Gasteiger partial charge in [0.2, 0.25) is 0 Å². The summed E-state index contributed by atoms with van der Waals surface area (Å²) in [5.41, 5.74) is 1.60. The molecule has 0 aliphatic heterocycles. The molecule has 0 unspecified atom stereocenters. The van der Waals surface area contributed by atoms with Gasteiger partial charge in [-0.15, -0.1) is 0 Å². The second-order valence-corrected chi connectivity index (χ2v) is 5.85. The van der Waals surface area contributed by atoms with Gasteiger partial charge >= 0.3 is 0 Å². The van der Waals surface area contributed by atoms with Crippen molar-refractivity contribution in [2.75, 3.05) is 5.32 Å². The number of hydrogen-bond donors (Lipinski definition) is 1. The lowest BCUT2D eigenvalue weighted by Crippen LogP contribution is -2.26. The fraction of sp³-hybridized carbons (Fsp3) is 0.462. The molecule has 0 saturated carbocycles. The predicted molar refractivity (Wildman–Crippen MR) is 81.6 cm³/mol. The summed E-state index contributed by atoms with van der Waals surface area (Å²) in [6.45, 7) is 5.30. The van der Waals surface area contributed by atoms with Crippen molar-refractivity contribution in [2.45, 2.75) is 26.9 Å². The van der Waals surface area contributed by atoms with Crippen LogP contribution in [0, 0.1) is 5.92 Å². The number of nitrogens with one attached hydrogen (secondary N) is 1. The topological polar surface area (TPSA) is 64.7 Å². The minimum atomic E-state index is -0.117. The molecule has 0 amide bonds. The first kappa shape index (κ1) is 14.8. The summed E-state index contributed by atoms with van der Waals surface area (Å²) < 4.78 is 3.77. The second kappa shape index (κ2) is 6.21. The molecule has 0 aliphatic carbocycles. The monoisotopic (exact) mass is 339 g/mol. The Kier molecular flexibility index (Phi) is 4.59. The zero-order valence-electron chi connectivity index (χ0n) is 11.8. The van der Waals surface area contributed by atoms with Crippen molar-refractivity contribution in [1.29, 1.82) is 0 Å². The van der Waals surface area contributed by atoms with Gasteiger partial charge < -0.3 is 5.32 Å². The minimum Gasteiger partial charge on any atom is -0.377 e. The van der Waals surface area contributed by atoms with E-state index < -0.39 is 0 Å². The molecule has 1 N–H and O–H groups in total. The maximum atomic E-state index is 12.1. The Morgan fingerprint density at radius 3 is 2.75 bits per heavy atom. The molecular weight excluding hydrogens is 322 g/mol. The van der Waals surface area contributed by atoms with Crippen molar-refractivity contribution in [2.24, 2.45) is 13.0 Å². The third-order valence-electron chi connectivity index (χ3n) is 2.91. The molecule has 0 aromatic carbocycles. The average molecular weight is 340 g/mol. The van der Waals surface area contributed by atoms with Crippen LogP contribution in [-0.4, -0.2) is 19.6 Å². The summed E-state index contributed by atoms with van der Waals surface area (Å²) in [5.74, 6) is 0.375.